The van der Waals surface area contributed by atoms with Crippen molar-refractivity contribution >= 4 is 17.4 Å². The first-order chi connectivity index (χ1) is 7.61. The van der Waals surface area contributed by atoms with Crippen molar-refractivity contribution in [3.63, 3.8) is 0 Å². The molecule has 82 valence electrons. The van der Waals surface area contributed by atoms with Crippen LogP contribution in [0.2, 0.25) is 0 Å². The van der Waals surface area contributed by atoms with Gasteiger partial charge >= 0.3 is 0 Å². The second kappa shape index (κ2) is 3.77. The Morgan fingerprint density at radius 1 is 1.50 bits per heavy atom. The number of rotatable bonds is 3. The van der Waals surface area contributed by atoms with Crippen molar-refractivity contribution in [1.29, 1.82) is 0 Å². The SMILES string of the molecule is COc1ccc2c(c1)=NC(=O)C=2CC(N)=O. The molecule has 1 heterocycles. The van der Waals surface area contributed by atoms with Gasteiger partial charge in [0.1, 0.15) is 5.75 Å². The molecule has 0 spiro atoms. The van der Waals surface area contributed by atoms with Crippen molar-refractivity contribution in [2.24, 2.45) is 10.7 Å². The largest absolute Gasteiger partial charge is 0.497 e. The highest BCUT2D eigenvalue weighted by Crippen LogP contribution is 2.08. The van der Waals surface area contributed by atoms with Gasteiger partial charge in [0.05, 0.1) is 18.9 Å². The quantitative estimate of drug-likeness (QED) is 0.697. The highest BCUT2D eigenvalue weighted by molar-refractivity contribution is 6.18. The molecule has 2 N–H and O–H groups in total. The summed E-state index contributed by atoms with van der Waals surface area (Å²) in [5.74, 6) is -0.320. The van der Waals surface area contributed by atoms with Gasteiger partial charge in [-0.3, -0.25) is 9.59 Å². The molecule has 0 saturated carbocycles. The molecule has 0 atom stereocenters. The van der Waals surface area contributed by atoms with E-state index >= 15 is 0 Å². The van der Waals surface area contributed by atoms with E-state index in [0.717, 1.165) is 0 Å². The van der Waals surface area contributed by atoms with Crippen LogP contribution in [0.25, 0.3) is 5.57 Å². The maximum atomic E-state index is 11.5. The molecule has 1 aliphatic heterocycles. The molecule has 1 aromatic carbocycles. The van der Waals surface area contributed by atoms with Crippen LogP contribution in [-0.4, -0.2) is 18.9 Å². The Kier molecular flexibility index (Phi) is 2.44. The third-order valence-electron chi connectivity index (χ3n) is 2.36. The van der Waals surface area contributed by atoms with Crippen molar-refractivity contribution in [2.45, 2.75) is 6.42 Å². The molecule has 5 nitrogen and oxygen atoms in total. The van der Waals surface area contributed by atoms with E-state index in [-0.39, 0.29) is 6.42 Å². The lowest BCUT2D eigenvalue weighted by atomic mass is 10.1. The molecule has 16 heavy (non-hydrogen) atoms. The van der Waals surface area contributed by atoms with Crippen molar-refractivity contribution in [1.82, 2.24) is 0 Å². The van der Waals surface area contributed by atoms with E-state index in [1.54, 1.807) is 18.2 Å². The second-order valence-corrected chi connectivity index (χ2v) is 3.42. The van der Waals surface area contributed by atoms with Crippen LogP contribution in [0.1, 0.15) is 6.42 Å². The first-order valence-corrected chi connectivity index (χ1v) is 4.70. The van der Waals surface area contributed by atoms with Crippen LogP contribution in [0.4, 0.5) is 0 Å². The number of carbonyl (C=O) groups is 2. The van der Waals surface area contributed by atoms with E-state index in [2.05, 4.69) is 4.99 Å². The van der Waals surface area contributed by atoms with Crippen LogP contribution in [0, 0.1) is 0 Å². The van der Waals surface area contributed by atoms with Crippen LogP contribution < -0.4 is 21.0 Å². The molecule has 5 heteroatoms. The Hall–Kier alpha value is -2.17. The minimum atomic E-state index is -0.540. The maximum Gasteiger partial charge on any atom is 0.274 e. The van der Waals surface area contributed by atoms with Gasteiger partial charge < -0.3 is 10.5 Å². The predicted molar refractivity (Wildman–Crippen MR) is 56.0 cm³/mol. The van der Waals surface area contributed by atoms with Crippen LogP contribution in [0.5, 0.6) is 5.75 Å². The number of methoxy groups -OCH3 is 1. The van der Waals surface area contributed by atoms with E-state index in [4.69, 9.17) is 10.5 Å². The smallest absolute Gasteiger partial charge is 0.274 e. The van der Waals surface area contributed by atoms with Crippen LogP contribution in [0.3, 0.4) is 0 Å². The fraction of sp³-hybridized carbons (Fsp3) is 0.182. The number of hydrogen-bond donors (Lipinski definition) is 1. The number of hydrogen-bond acceptors (Lipinski definition) is 3. The van der Waals surface area contributed by atoms with E-state index in [1.165, 1.54) is 7.11 Å². The van der Waals surface area contributed by atoms with Gasteiger partial charge in [-0.25, -0.2) is 4.99 Å². The topological polar surface area (TPSA) is 81.8 Å². The summed E-state index contributed by atoms with van der Waals surface area (Å²) in [6.45, 7) is 0. The summed E-state index contributed by atoms with van der Waals surface area (Å²) in [5, 5.41) is 1.19. The summed E-state index contributed by atoms with van der Waals surface area (Å²) in [5.41, 5.74) is 5.42. The third-order valence-corrected chi connectivity index (χ3v) is 2.36. The van der Waals surface area contributed by atoms with Gasteiger partial charge in [0.2, 0.25) is 5.91 Å². The molecule has 0 aromatic heterocycles. The summed E-state index contributed by atoms with van der Waals surface area (Å²) in [4.78, 5) is 26.2. The normalized spacial score (nSPS) is 13.3. The van der Waals surface area contributed by atoms with Gasteiger partial charge in [0.25, 0.3) is 5.91 Å². The van der Waals surface area contributed by atoms with Crippen molar-refractivity contribution in [3.8, 4) is 5.75 Å². The number of nitrogens with zero attached hydrogens (tertiary/aromatic N) is 1. The van der Waals surface area contributed by atoms with Crippen molar-refractivity contribution in [3.05, 3.63) is 28.8 Å². The summed E-state index contributed by atoms with van der Waals surface area (Å²) < 4.78 is 5.02. The number of primary amides is 1. The van der Waals surface area contributed by atoms with Crippen molar-refractivity contribution in [2.75, 3.05) is 7.11 Å². The molecule has 0 radical (unpaired) electrons. The lowest BCUT2D eigenvalue weighted by Crippen LogP contribution is -2.24. The second-order valence-electron chi connectivity index (χ2n) is 3.42. The summed E-state index contributed by atoms with van der Waals surface area (Å²) in [6.07, 6.45) is -0.0817. The third kappa shape index (κ3) is 1.67. The number of carbonyl (C=O) groups excluding carboxylic acids is 2. The predicted octanol–water partition coefficient (Wildman–Crippen LogP) is -1.12. The standard InChI is InChI=1S/C11H10N2O3/c1-16-6-2-3-7-8(5-10(12)14)11(15)13-9(7)4-6/h2-4H,5H2,1H3,(H2,12,14). The monoisotopic (exact) mass is 218 g/mol. The number of nitrogens with two attached hydrogens (primary N) is 1. The number of ether oxygens (including phenoxy) is 1. The lowest BCUT2D eigenvalue weighted by molar-refractivity contribution is -0.118. The highest BCUT2D eigenvalue weighted by Gasteiger charge is 2.18. The zero-order valence-corrected chi connectivity index (χ0v) is 8.69. The number of fused-ring (bicyclic) bond motifs is 1. The molecular weight excluding hydrogens is 208 g/mol. The van der Waals surface area contributed by atoms with E-state index in [1.807, 2.05) is 0 Å². The van der Waals surface area contributed by atoms with E-state index < -0.39 is 11.8 Å². The van der Waals surface area contributed by atoms with Gasteiger partial charge in [-0.2, -0.15) is 0 Å². The molecule has 0 unspecified atom stereocenters. The number of amides is 2. The van der Waals surface area contributed by atoms with Crippen LogP contribution in [0.15, 0.2) is 23.2 Å². The molecular formula is C11H10N2O3. The fourth-order valence-corrected chi connectivity index (χ4v) is 1.62. The highest BCUT2D eigenvalue weighted by atomic mass is 16.5. The van der Waals surface area contributed by atoms with Crippen LogP contribution >= 0.6 is 0 Å². The summed E-state index contributed by atoms with van der Waals surface area (Å²) in [6, 6.07) is 5.08. The van der Waals surface area contributed by atoms with Gasteiger partial charge in [-0.15, -0.1) is 0 Å². The zero-order chi connectivity index (χ0) is 11.7. The lowest BCUT2D eigenvalue weighted by Gasteiger charge is -1.97. The molecule has 0 fully saturated rings. The minimum Gasteiger partial charge on any atom is -0.497 e. The zero-order valence-electron chi connectivity index (χ0n) is 8.69. The van der Waals surface area contributed by atoms with Crippen molar-refractivity contribution < 1.29 is 14.3 Å². The Labute approximate surface area is 91.2 Å². The molecule has 0 aliphatic carbocycles. The molecule has 1 aliphatic rings. The van der Waals surface area contributed by atoms with E-state index in [0.29, 0.717) is 21.9 Å². The molecule has 2 rings (SSSR count). The van der Waals surface area contributed by atoms with Gasteiger partial charge in [0, 0.05) is 16.9 Å². The van der Waals surface area contributed by atoms with E-state index in [9.17, 15) is 9.59 Å². The summed E-state index contributed by atoms with van der Waals surface area (Å²) >= 11 is 0. The molecule has 2 amide bonds. The first kappa shape index (κ1) is 10.4. The molecule has 0 bridgehead atoms. The average molecular weight is 218 g/mol. The Morgan fingerprint density at radius 3 is 2.88 bits per heavy atom. The van der Waals surface area contributed by atoms with Gasteiger partial charge in [0.15, 0.2) is 0 Å². The summed E-state index contributed by atoms with van der Waals surface area (Å²) in [7, 11) is 1.53. The maximum absolute atomic E-state index is 11.5. The molecule has 1 aromatic rings. The minimum absolute atomic E-state index is 0.0817. The Balaban J connectivity index is 2.62. The fourth-order valence-electron chi connectivity index (χ4n) is 1.62. The Morgan fingerprint density at radius 2 is 2.25 bits per heavy atom. The van der Waals surface area contributed by atoms with Crippen LogP contribution in [-0.2, 0) is 9.59 Å². The molecule has 0 saturated heterocycles. The van der Waals surface area contributed by atoms with Gasteiger partial charge in [-0.05, 0) is 12.1 Å². The Bertz CT molecular complexity index is 590. The number of benzene rings is 1. The first-order valence-electron chi connectivity index (χ1n) is 4.70. The average Bonchev–Trinajstić information content (AvgIpc) is 2.54. The van der Waals surface area contributed by atoms with Gasteiger partial charge in [-0.1, -0.05) is 0 Å².